The fraction of sp³-hybridized carbons (Fsp3) is 0.286. The van der Waals surface area contributed by atoms with Crippen LogP contribution >= 0.6 is 11.8 Å². The summed E-state index contributed by atoms with van der Waals surface area (Å²) in [6.45, 7) is 4.72. The van der Waals surface area contributed by atoms with Crippen LogP contribution in [0.4, 0.5) is 5.69 Å². The van der Waals surface area contributed by atoms with Crippen molar-refractivity contribution in [3.63, 3.8) is 0 Å². The number of aromatic nitrogens is 1. The molecule has 1 amide bonds. The van der Waals surface area contributed by atoms with Crippen LogP contribution < -0.4 is 10.2 Å². The van der Waals surface area contributed by atoms with Crippen LogP contribution in [-0.4, -0.2) is 28.4 Å². The second-order valence-corrected chi connectivity index (χ2v) is 5.73. The summed E-state index contributed by atoms with van der Waals surface area (Å²) < 4.78 is 0. The summed E-state index contributed by atoms with van der Waals surface area (Å²) in [7, 11) is 0. The summed E-state index contributed by atoms with van der Waals surface area (Å²) in [6.07, 6.45) is 6.60. The van der Waals surface area contributed by atoms with E-state index in [2.05, 4.69) is 28.0 Å². The van der Waals surface area contributed by atoms with E-state index in [-0.39, 0.29) is 11.2 Å². The number of hydrogen-bond acceptors (Lipinski definition) is 4. The highest BCUT2D eigenvalue weighted by molar-refractivity contribution is 8.01. The number of carbonyl (C=O) groups excluding carboxylic acids is 1. The Kier molecular flexibility index (Phi) is 3.29. The van der Waals surface area contributed by atoms with E-state index in [9.17, 15) is 4.79 Å². The number of pyridine rings is 1. The van der Waals surface area contributed by atoms with Crippen molar-refractivity contribution in [2.75, 3.05) is 17.2 Å². The highest BCUT2D eigenvalue weighted by atomic mass is 32.2. The Labute approximate surface area is 116 Å². The zero-order valence-electron chi connectivity index (χ0n) is 10.5. The van der Waals surface area contributed by atoms with Gasteiger partial charge in [0.15, 0.2) is 0 Å². The average Bonchev–Trinajstić information content (AvgIpc) is 2.89. The molecule has 1 fully saturated rings. The van der Waals surface area contributed by atoms with Gasteiger partial charge in [-0.25, -0.2) is 0 Å². The molecule has 1 aromatic heterocycles. The van der Waals surface area contributed by atoms with Crippen molar-refractivity contribution in [1.29, 1.82) is 0 Å². The maximum Gasteiger partial charge on any atom is 0.241 e. The maximum atomic E-state index is 12.0. The highest BCUT2D eigenvalue weighted by Gasteiger charge is 2.30. The minimum absolute atomic E-state index is 0.0593. The first-order valence-corrected chi connectivity index (χ1v) is 7.26. The van der Waals surface area contributed by atoms with Gasteiger partial charge in [0, 0.05) is 42.3 Å². The van der Waals surface area contributed by atoms with E-state index in [4.69, 9.17) is 0 Å². The fourth-order valence-electron chi connectivity index (χ4n) is 2.33. The van der Waals surface area contributed by atoms with E-state index >= 15 is 0 Å². The zero-order chi connectivity index (χ0) is 13.2. The number of hydrogen-bond donors (Lipinski definition) is 1. The molecule has 1 N–H and O–H groups in total. The molecule has 1 unspecified atom stereocenters. The molecule has 1 aromatic rings. The van der Waals surface area contributed by atoms with Crippen LogP contribution in [0.25, 0.3) is 0 Å². The molecule has 19 heavy (non-hydrogen) atoms. The lowest BCUT2D eigenvalue weighted by Gasteiger charge is -2.23. The van der Waals surface area contributed by atoms with E-state index in [1.54, 1.807) is 24.2 Å². The molecule has 5 heteroatoms. The molecule has 0 spiro atoms. The first kappa shape index (κ1) is 12.3. The molecular weight excluding hydrogens is 258 g/mol. The first-order valence-electron chi connectivity index (χ1n) is 6.21. The van der Waals surface area contributed by atoms with Crippen molar-refractivity contribution < 1.29 is 4.79 Å². The number of nitrogens with one attached hydrogen (secondary N) is 1. The summed E-state index contributed by atoms with van der Waals surface area (Å²) in [4.78, 5) is 18.2. The quantitative estimate of drug-likeness (QED) is 0.894. The number of rotatable bonds is 2. The molecule has 98 valence electrons. The topological polar surface area (TPSA) is 45.2 Å². The second-order valence-electron chi connectivity index (χ2n) is 4.64. The third kappa shape index (κ3) is 2.51. The molecule has 3 rings (SSSR count). The van der Waals surface area contributed by atoms with Gasteiger partial charge in [0.1, 0.15) is 5.25 Å². The van der Waals surface area contributed by atoms with E-state index in [0.717, 1.165) is 30.1 Å². The Morgan fingerprint density at radius 1 is 1.42 bits per heavy atom. The van der Waals surface area contributed by atoms with Gasteiger partial charge in [0.05, 0.1) is 0 Å². The Morgan fingerprint density at radius 2 is 2.21 bits per heavy atom. The van der Waals surface area contributed by atoms with Crippen molar-refractivity contribution >= 4 is 23.4 Å². The minimum Gasteiger partial charge on any atom is -0.348 e. The fourth-order valence-corrected chi connectivity index (χ4v) is 3.37. The molecule has 0 aliphatic carbocycles. The molecule has 0 aromatic carbocycles. The number of nitrogens with zero attached hydrogens (tertiary/aromatic N) is 2. The van der Waals surface area contributed by atoms with Crippen LogP contribution in [-0.2, 0) is 4.79 Å². The summed E-state index contributed by atoms with van der Waals surface area (Å²) in [5.41, 5.74) is 3.11. The number of amides is 1. The molecule has 4 nitrogen and oxygen atoms in total. The predicted molar refractivity (Wildman–Crippen MR) is 77.8 cm³/mol. The summed E-state index contributed by atoms with van der Waals surface area (Å²) in [5.74, 6) is 0.854. The second kappa shape index (κ2) is 5.09. The lowest BCUT2D eigenvalue weighted by atomic mass is 10.1. The van der Waals surface area contributed by atoms with Gasteiger partial charge >= 0.3 is 0 Å². The molecule has 0 radical (unpaired) electrons. The van der Waals surface area contributed by atoms with Crippen molar-refractivity contribution in [2.24, 2.45) is 0 Å². The van der Waals surface area contributed by atoms with Gasteiger partial charge in [-0.05, 0) is 24.1 Å². The number of anilines is 1. The SMILES string of the molecule is C=C1CSC(C2=CN(c3ccncc3)CC2)C(=O)N1. The molecule has 0 saturated carbocycles. The van der Waals surface area contributed by atoms with Crippen molar-refractivity contribution in [3.8, 4) is 0 Å². The average molecular weight is 273 g/mol. The van der Waals surface area contributed by atoms with E-state index < -0.39 is 0 Å². The Hall–Kier alpha value is -1.75. The van der Waals surface area contributed by atoms with Crippen LogP contribution in [0.3, 0.4) is 0 Å². The van der Waals surface area contributed by atoms with E-state index in [0.29, 0.717) is 0 Å². The van der Waals surface area contributed by atoms with Crippen molar-refractivity contribution in [2.45, 2.75) is 11.7 Å². The monoisotopic (exact) mass is 273 g/mol. The van der Waals surface area contributed by atoms with Gasteiger partial charge in [0.2, 0.25) is 5.91 Å². The maximum absolute atomic E-state index is 12.0. The Bertz CT molecular complexity index is 541. The third-order valence-corrected chi connectivity index (χ3v) is 4.62. The van der Waals surface area contributed by atoms with Gasteiger partial charge in [-0.3, -0.25) is 9.78 Å². The molecular formula is C14H15N3OS. The van der Waals surface area contributed by atoms with Crippen molar-refractivity contribution in [1.82, 2.24) is 10.3 Å². The molecule has 3 heterocycles. The normalized spacial score (nSPS) is 23.3. The highest BCUT2D eigenvalue weighted by Crippen LogP contribution is 2.32. The number of carbonyl (C=O) groups is 1. The summed E-state index contributed by atoms with van der Waals surface area (Å²) >= 11 is 1.66. The smallest absolute Gasteiger partial charge is 0.241 e. The molecule has 2 aliphatic heterocycles. The zero-order valence-corrected chi connectivity index (χ0v) is 11.3. The van der Waals surface area contributed by atoms with Gasteiger partial charge < -0.3 is 10.2 Å². The van der Waals surface area contributed by atoms with Gasteiger partial charge in [-0.1, -0.05) is 6.58 Å². The van der Waals surface area contributed by atoms with Gasteiger partial charge in [-0.2, -0.15) is 0 Å². The largest absolute Gasteiger partial charge is 0.348 e. The van der Waals surface area contributed by atoms with Crippen molar-refractivity contribution in [3.05, 3.63) is 48.6 Å². The molecule has 1 saturated heterocycles. The first-order chi connectivity index (χ1) is 9.24. The van der Waals surface area contributed by atoms with E-state index in [1.165, 1.54) is 5.57 Å². The molecule has 2 aliphatic rings. The number of thioether (sulfide) groups is 1. The standard InChI is InChI=1S/C14H15N3OS/c1-10-9-19-13(14(18)16-10)11-4-7-17(8-11)12-2-5-15-6-3-12/h2-3,5-6,8,13H,1,4,7,9H2,(H,16,18). The molecule has 1 atom stereocenters. The van der Waals surface area contributed by atoms with Crippen LogP contribution in [0.5, 0.6) is 0 Å². The van der Waals surface area contributed by atoms with Gasteiger partial charge in [0.25, 0.3) is 0 Å². The Balaban J connectivity index is 1.76. The summed E-state index contributed by atoms with van der Waals surface area (Å²) in [6, 6.07) is 3.96. The molecule has 0 bridgehead atoms. The lowest BCUT2D eigenvalue weighted by Crippen LogP contribution is -2.38. The third-order valence-electron chi connectivity index (χ3n) is 3.26. The summed E-state index contributed by atoms with van der Waals surface area (Å²) in [5, 5.41) is 2.77. The van der Waals surface area contributed by atoms with E-state index in [1.807, 2.05) is 12.1 Å². The minimum atomic E-state index is -0.0719. The van der Waals surface area contributed by atoms with Gasteiger partial charge in [-0.15, -0.1) is 11.8 Å². The van der Waals surface area contributed by atoms with Crippen LogP contribution in [0, 0.1) is 0 Å². The predicted octanol–water partition coefficient (Wildman–Crippen LogP) is 1.92. The van der Waals surface area contributed by atoms with Crippen LogP contribution in [0.15, 0.2) is 48.6 Å². The Morgan fingerprint density at radius 3 is 2.95 bits per heavy atom. The van der Waals surface area contributed by atoms with Crippen LogP contribution in [0.1, 0.15) is 6.42 Å². The van der Waals surface area contributed by atoms with Crippen LogP contribution in [0.2, 0.25) is 0 Å². The lowest BCUT2D eigenvalue weighted by molar-refractivity contribution is -0.119.